The standard InChI is InChI=1S/C12H9BrFNO/c13-10-5-3-7-15(12(10)16)8-9-4-1-2-6-11(9)14/h1-7H,8H2. The van der Waals surface area contributed by atoms with E-state index in [1.54, 1.807) is 36.5 Å². The van der Waals surface area contributed by atoms with Crippen LogP contribution in [0.2, 0.25) is 0 Å². The van der Waals surface area contributed by atoms with E-state index in [0.29, 0.717) is 10.0 Å². The predicted molar refractivity (Wildman–Crippen MR) is 63.9 cm³/mol. The maximum Gasteiger partial charge on any atom is 0.265 e. The highest BCUT2D eigenvalue weighted by atomic mass is 79.9. The number of hydrogen-bond acceptors (Lipinski definition) is 1. The molecule has 0 aliphatic heterocycles. The molecule has 0 atom stereocenters. The normalized spacial score (nSPS) is 10.4. The van der Waals surface area contributed by atoms with Crippen molar-refractivity contribution in [2.45, 2.75) is 6.54 Å². The first-order chi connectivity index (χ1) is 7.68. The third-order valence-corrected chi connectivity index (χ3v) is 2.88. The van der Waals surface area contributed by atoms with Gasteiger partial charge in [-0.25, -0.2) is 4.39 Å². The van der Waals surface area contributed by atoms with E-state index < -0.39 is 0 Å². The van der Waals surface area contributed by atoms with Gasteiger partial charge in [0.1, 0.15) is 5.82 Å². The van der Waals surface area contributed by atoms with Gasteiger partial charge in [0, 0.05) is 11.8 Å². The zero-order valence-electron chi connectivity index (χ0n) is 8.36. The second kappa shape index (κ2) is 4.61. The monoisotopic (exact) mass is 281 g/mol. The van der Waals surface area contributed by atoms with Crippen molar-refractivity contribution in [2.24, 2.45) is 0 Å². The van der Waals surface area contributed by atoms with Crippen LogP contribution in [0.4, 0.5) is 4.39 Å². The zero-order chi connectivity index (χ0) is 11.5. The van der Waals surface area contributed by atoms with Gasteiger partial charge in [0.15, 0.2) is 0 Å². The van der Waals surface area contributed by atoms with E-state index in [2.05, 4.69) is 15.9 Å². The molecule has 82 valence electrons. The Morgan fingerprint density at radius 2 is 1.94 bits per heavy atom. The van der Waals surface area contributed by atoms with Crippen molar-refractivity contribution >= 4 is 15.9 Å². The summed E-state index contributed by atoms with van der Waals surface area (Å²) in [4.78, 5) is 11.7. The molecule has 0 saturated carbocycles. The second-order valence-electron chi connectivity index (χ2n) is 3.38. The number of pyridine rings is 1. The molecule has 1 aromatic heterocycles. The first-order valence-corrected chi connectivity index (χ1v) is 5.56. The Hall–Kier alpha value is -1.42. The average molecular weight is 282 g/mol. The maximum atomic E-state index is 13.4. The summed E-state index contributed by atoms with van der Waals surface area (Å²) < 4.78 is 15.3. The Morgan fingerprint density at radius 1 is 1.19 bits per heavy atom. The van der Waals surface area contributed by atoms with Gasteiger partial charge in [-0.15, -0.1) is 0 Å². The van der Waals surface area contributed by atoms with E-state index in [9.17, 15) is 9.18 Å². The second-order valence-corrected chi connectivity index (χ2v) is 4.23. The van der Waals surface area contributed by atoms with Gasteiger partial charge in [-0.2, -0.15) is 0 Å². The van der Waals surface area contributed by atoms with Gasteiger partial charge in [-0.05, 0) is 34.1 Å². The minimum Gasteiger partial charge on any atom is -0.310 e. The van der Waals surface area contributed by atoms with Crippen LogP contribution in [0.15, 0.2) is 51.9 Å². The lowest BCUT2D eigenvalue weighted by molar-refractivity contribution is 0.596. The summed E-state index contributed by atoms with van der Waals surface area (Å²) in [6, 6.07) is 9.84. The molecular weight excluding hydrogens is 273 g/mol. The Bertz CT molecular complexity index is 565. The molecule has 2 aromatic rings. The van der Waals surface area contributed by atoms with E-state index >= 15 is 0 Å². The third-order valence-electron chi connectivity index (χ3n) is 2.27. The summed E-state index contributed by atoms with van der Waals surface area (Å²) >= 11 is 3.15. The first-order valence-electron chi connectivity index (χ1n) is 4.77. The SMILES string of the molecule is O=c1c(Br)cccn1Cc1ccccc1F. The maximum absolute atomic E-state index is 13.4. The van der Waals surface area contributed by atoms with Crippen LogP contribution in [0.25, 0.3) is 0 Å². The van der Waals surface area contributed by atoms with E-state index in [4.69, 9.17) is 0 Å². The highest BCUT2D eigenvalue weighted by Gasteiger charge is 2.04. The largest absolute Gasteiger partial charge is 0.310 e. The van der Waals surface area contributed by atoms with Gasteiger partial charge in [0.2, 0.25) is 0 Å². The fourth-order valence-corrected chi connectivity index (χ4v) is 1.82. The molecule has 4 heteroatoms. The number of benzene rings is 1. The Labute approximate surface area is 100 Å². The minimum atomic E-state index is -0.297. The fourth-order valence-electron chi connectivity index (χ4n) is 1.44. The quantitative estimate of drug-likeness (QED) is 0.830. The lowest BCUT2D eigenvalue weighted by Crippen LogP contribution is -2.20. The van der Waals surface area contributed by atoms with Crippen molar-refractivity contribution in [1.29, 1.82) is 0 Å². The van der Waals surface area contributed by atoms with Gasteiger partial charge in [0.25, 0.3) is 5.56 Å². The molecule has 1 aromatic carbocycles. The van der Waals surface area contributed by atoms with E-state index in [-0.39, 0.29) is 17.9 Å². The molecule has 0 unspecified atom stereocenters. The number of aromatic nitrogens is 1. The number of nitrogens with zero attached hydrogens (tertiary/aromatic N) is 1. The highest BCUT2D eigenvalue weighted by Crippen LogP contribution is 2.08. The van der Waals surface area contributed by atoms with Crippen molar-refractivity contribution in [1.82, 2.24) is 4.57 Å². The molecule has 0 bridgehead atoms. The Morgan fingerprint density at radius 3 is 2.69 bits per heavy atom. The van der Waals surface area contributed by atoms with Crippen LogP contribution in [0, 0.1) is 5.82 Å². The zero-order valence-corrected chi connectivity index (χ0v) is 9.95. The van der Waals surface area contributed by atoms with E-state index in [1.165, 1.54) is 10.6 Å². The van der Waals surface area contributed by atoms with Crippen molar-refractivity contribution in [3.63, 3.8) is 0 Å². The van der Waals surface area contributed by atoms with Crippen LogP contribution in [0.3, 0.4) is 0 Å². The van der Waals surface area contributed by atoms with Crippen LogP contribution in [-0.4, -0.2) is 4.57 Å². The number of halogens is 2. The number of hydrogen-bond donors (Lipinski definition) is 0. The smallest absolute Gasteiger partial charge is 0.265 e. The molecule has 0 N–H and O–H groups in total. The summed E-state index contributed by atoms with van der Waals surface area (Å²) in [6.07, 6.45) is 1.64. The van der Waals surface area contributed by atoms with Crippen molar-refractivity contribution in [3.05, 3.63) is 68.8 Å². The van der Waals surface area contributed by atoms with Crippen LogP contribution in [0.5, 0.6) is 0 Å². The average Bonchev–Trinajstić information content (AvgIpc) is 2.28. The van der Waals surface area contributed by atoms with Gasteiger partial charge >= 0.3 is 0 Å². The molecule has 0 fully saturated rings. The van der Waals surface area contributed by atoms with Gasteiger partial charge in [-0.1, -0.05) is 18.2 Å². The molecule has 1 heterocycles. The van der Waals surface area contributed by atoms with E-state index in [0.717, 1.165) is 0 Å². The molecule has 0 aliphatic rings. The van der Waals surface area contributed by atoms with Crippen molar-refractivity contribution < 1.29 is 4.39 Å². The van der Waals surface area contributed by atoms with Crippen LogP contribution in [0.1, 0.15) is 5.56 Å². The predicted octanol–water partition coefficient (Wildman–Crippen LogP) is 2.80. The van der Waals surface area contributed by atoms with Crippen LogP contribution >= 0.6 is 15.9 Å². The molecule has 16 heavy (non-hydrogen) atoms. The van der Waals surface area contributed by atoms with E-state index in [1.807, 2.05) is 0 Å². The summed E-state index contributed by atoms with van der Waals surface area (Å²) in [7, 11) is 0. The first kappa shape index (κ1) is 11.1. The molecule has 2 nitrogen and oxygen atoms in total. The van der Waals surface area contributed by atoms with Gasteiger partial charge in [0.05, 0.1) is 11.0 Å². The van der Waals surface area contributed by atoms with Gasteiger partial charge < -0.3 is 4.57 Å². The third kappa shape index (κ3) is 2.22. The highest BCUT2D eigenvalue weighted by molar-refractivity contribution is 9.10. The van der Waals surface area contributed by atoms with Gasteiger partial charge in [-0.3, -0.25) is 4.79 Å². The molecule has 2 rings (SSSR count). The molecule has 0 spiro atoms. The van der Waals surface area contributed by atoms with Crippen LogP contribution in [-0.2, 0) is 6.54 Å². The fraction of sp³-hybridized carbons (Fsp3) is 0.0833. The molecule has 0 saturated heterocycles. The topological polar surface area (TPSA) is 22.0 Å². The molecule has 0 amide bonds. The summed E-state index contributed by atoms with van der Waals surface area (Å²) in [5, 5.41) is 0. The molecule has 0 aliphatic carbocycles. The van der Waals surface area contributed by atoms with Crippen molar-refractivity contribution in [3.8, 4) is 0 Å². The molecular formula is C12H9BrFNO. The van der Waals surface area contributed by atoms with Crippen molar-refractivity contribution in [2.75, 3.05) is 0 Å². The lowest BCUT2D eigenvalue weighted by atomic mass is 10.2. The summed E-state index contributed by atoms with van der Waals surface area (Å²) in [6.45, 7) is 0.241. The number of rotatable bonds is 2. The summed E-state index contributed by atoms with van der Waals surface area (Å²) in [5.74, 6) is -0.297. The Kier molecular flexibility index (Phi) is 3.19. The van der Waals surface area contributed by atoms with Crippen LogP contribution < -0.4 is 5.56 Å². The minimum absolute atomic E-state index is 0.161. The lowest BCUT2D eigenvalue weighted by Gasteiger charge is -2.06. The summed E-state index contributed by atoms with van der Waals surface area (Å²) in [5.41, 5.74) is 0.341. The molecule has 0 radical (unpaired) electrons. The Balaban J connectivity index is 2.39.